The van der Waals surface area contributed by atoms with Crippen molar-refractivity contribution in [3.05, 3.63) is 42.1 Å². The van der Waals surface area contributed by atoms with Gasteiger partial charge in [0.05, 0.1) is 19.9 Å². The topological polar surface area (TPSA) is 63.7 Å². The highest BCUT2D eigenvalue weighted by atomic mass is 16.5. The number of nitrogens with one attached hydrogen (secondary N) is 1. The molecule has 1 aromatic carbocycles. The number of carbonyl (C=O) groups excluding carboxylic acids is 1. The van der Waals surface area contributed by atoms with E-state index in [0.717, 1.165) is 25.1 Å². The normalized spacial score (nSPS) is 10.2. The summed E-state index contributed by atoms with van der Waals surface area (Å²) in [5.41, 5.74) is 1.35. The molecule has 0 aliphatic heterocycles. The first-order valence-corrected chi connectivity index (χ1v) is 8.29. The summed E-state index contributed by atoms with van der Waals surface area (Å²) in [6, 6.07) is 8.94. The van der Waals surface area contributed by atoms with Crippen LogP contribution in [0.15, 0.2) is 36.5 Å². The Morgan fingerprint density at radius 3 is 2.68 bits per heavy atom. The van der Waals surface area contributed by atoms with E-state index in [1.54, 1.807) is 43.5 Å². The molecule has 0 aliphatic carbocycles. The van der Waals surface area contributed by atoms with Crippen molar-refractivity contribution in [2.24, 2.45) is 0 Å². The lowest BCUT2D eigenvalue weighted by Crippen LogP contribution is -2.27. The summed E-state index contributed by atoms with van der Waals surface area (Å²) in [5.74, 6) is 1.91. The van der Waals surface area contributed by atoms with Gasteiger partial charge in [0.1, 0.15) is 17.3 Å². The predicted molar refractivity (Wildman–Crippen MR) is 98.9 cm³/mol. The Balaban J connectivity index is 2.18. The summed E-state index contributed by atoms with van der Waals surface area (Å²) in [7, 11) is 5.02. The van der Waals surface area contributed by atoms with E-state index in [4.69, 9.17) is 9.47 Å². The molecule has 134 valence electrons. The Morgan fingerprint density at radius 2 is 2.00 bits per heavy atom. The van der Waals surface area contributed by atoms with Gasteiger partial charge in [-0.25, -0.2) is 4.98 Å². The fourth-order valence-electron chi connectivity index (χ4n) is 2.39. The minimum atomic E-state index is -0.0133. The first kappa shape index (κ1) is 18.6. The number of methoxy groups -OCH3 is 2. The van der Waals surface area contributed by atoms with Crippen molar-refractivity contribution >= 4 is 17.4 Å². The number of pyridine rings is 1. The zero-order valence-corrected chi connectivity index (χ0v) is 15.2. The Morgan fingerprint density at radius 1 is 1.20 bits per heavy atom. The molecule has 0 atom stereocenters. The first-order valence-electron chi connectivity index (χ1n) is 8.29. The van der Waals surface area contributed by atoms with Crippen LogP contribution >= 0.6 is 0 Å². The second-order valence-electron chi connectivity index (χ2n) is 5.70. The van der Waals surface area contributed by atoms with Crippen molar-refractivity contribution in [1.29, 1.82) is 0 Å². The number of nitrogens with zero attached hydrogens (tertiary/aromatic N) is 2. The molecular formula is C19H25N3O3. The summed E-state index contributed by atoms with van der Waals surface area (Å²) in [4.78, 5) is 18.5. The molecular weight excluding hydrogens is 318 g/mol. The van der Waals surface area contributed by atoms with Gasteiger partial charge in [0.2, 0.25) is 0 Å². The second-order valence-corrected chi connectivity index (χ2v) is 5.70. The Kier molecular flexibility index (Phi) is 6.62. The number of carbonyl (C=O) groups is 1. The lowest BCUT2D eigenvalue weighted by Gasteiger charge is -2.17. The van der Waals surface area contributed by atoms with Crippen LogP contribution in [0, 0.1) is 0 Å². The van der Waals surface area contributed by atoms with Crippen LogP contribution in [-0.2, 0) is 0 Å². The van der Waals surface area contributed by atoms with Crippen molar-refractivity contribution in [2.45, 2.75) is 19.8 Å². The van der Waals surface area contributed by atoms with Gasteiger partial charge in [0.15, 0.2) is 0 Å². The van der Waals surface area contributed by atoms with Crippen LogP contribution in [0.4, 0.5) is 11.5 Å². The zero-order chi connectivity index (χ0) is 18.2. The van der Waals surface area contributed by atoms with Crippen LogP contribution in [0.3, 0.4) is 0 Å². The molecule has 0 saturated heterocycles. The molecule has 0 spiro atoms. The van der Waals surface area contributed by atoms with Gasteiger partial charge in [0.25, 0.3) is 5.91 Å². The Hall–Kier alpha value is -2.76. The summed E-state index contributed by atoms with van der Waals surface area (Å²) >= 11 is 0. The Labute approximate surface area is 148 Å². The van der Waals surface area contributed by atoms with Gasteiger partial charge in [-0.2, -0.15) is 0 Å². The highest BCUT2D eigenvalue weighted by Crippen LogP contribution is 2.31. The molecule has 0 saturated carbocycles. The third kappa shape index (κ3) is 4.86. The van der Waals surface area contributed by atoms with E-state index >= 15 is 0 Å². The number of hydrogen-bond donors (Lipinski definition) is 1. The van der Waals surface area contributed by atoms with Gasteiger partial charge in [-0.3, -0.25) is 4.79 Å². The fourth-order valence-corrected chi connectivity index (χ4v) is 2.39. The van der Waals surface area contributed by atoms with Crippen molar-refractivity contribution < 1.29 is 14.3 Å². The quantitative estimate of drug-likeness (QED) is 0.791. The molecule has 0 bridgehead atoms. The molecule has 2 aromatic rings. The van der Waals surface area contributed by atoms with Gasteiger partial charge < -0.3 is 19.7 Å². The van der Waals surface area contributed by atoms with Crippen molar-refractivity contribution in [1.82, 2.24) is 9.88 Å². The summed E-state index contributed by atoms with van der Waals surface area (Å²) < 4.78 is 10.6. The molecule has 0 radical (unpaired) electrons. The van der Waals surface area contributed by atoms with Crippen LogP contribution < -0.4 is 14.8 Å². The lowest BCUT2D eigenvalue weighted by atomic mass is 10.2. The minimum Gasteiger partial charge on any atom is -0.497 e. The van der Waals surface area contributed by atoms with Crippen LogP contribution in [0.2, 0.25) is 0 Å². The molecule has 1 aromatic heterocycles. The molecule has 0 fully saturated rings. The molecule has 0 aliphatic rings. The summed E-state index contributed by atoms with van der Waals surface area (Å²) in [6.45, 7) is 2.85. The van der Waals surface area contributed by atoms with Crippen LogP contribution in [0.1, 0.15) is 30.1 Å². The van der Waals surface area contributed by atoms with E-state index in [1.807, 2.05) is 19.2 Å². The van der Waals surface area contributed by atoms with E-state index in [-0.39, 0.29) is 5.91 Å². The minimum absolute atomic E-state index is 0.0133. The largest absolute Gasteiger partial charge is 0.497 e. The van der Waals surface area contributed by atoms with E-state index in [2.05, 4.69) is 17.2 Å². The highest BCUT2D eigenvalue weighted by Gasteiger charge is 2.13. The summed E-state index contributed by atoms with van der Waals surface area (Å²) in [5, 5.41) is 3.19. The third-order valence-corrected chi connectivity index (χ3v) is 3.87. The third-order valence-electron chi connectivity index (χ3n) is 3.87. The number of anilines is 2. The zero-order valence-electron chi connectivity index (χ0n) is 15.2. The maximum atomic E-state index is 12.5. The molecule has 2 rings (SSSR count). The summed E-state index contributed by atoms with van der Waals surface area (Å²) in [6.07, 6.45) is 3.67. The first-order chi connectivity index (χ1) is 12.1. The van der Waals surface area contributed by atoms with E-state index in [9.17, 15) is 4.79 Å². The van der Waals surface area contributed by atoms with Crippen molar-refractivity contribution in [2.75, 3.05) is 33.1 Å². The Bertz CT molecular complexity index is 719. The van der Waals surface area contributed by atoms with Crippen LogP contribution in [0.25, 0.3) is 0 Å². The molecule has 25 heavy (non-hydrogen) atoms. The van der Waals surface area contributed by atoms with Gasteiger partial charge in [-0.15, -0.1) is 0 Å². The van der Waals surface area contributed by atoms with Gasteiger partial charge in [-0.1, -0.05) is 13.3 Å². The standard InChI is InChI=1S/C19H25N3O3/c1-5-6-11-22(2)19(23)14-9-10-20-18(12-14)21-16-8-7-15(24-3)13-17(16)25-4/h7-10,12-13H,5-6,11H2,1-4H3,(H,20,21). The lowest BCUT2D eigenvalue weighted by molar-refractivity contribution is 0.0793. The molecule has 1 N–H and O–H groups in total. The van der Waals surface area contributed by atoms with Gasteiger partial charge >= 0.3 is 0 Å². The second kappa shape index (κ2) is 8.92. The predicted octanol–water partition coefficient (Wildman–Crippen LogP) is 3.71. The molecule has 1 heterocycles. The number of aromatic nitrogens is 1. The number of benzene rings is 1. The fraction of sp³-hybridized carbons (Fsp3) is 0.368. The maximum Gasteiger partial charge on any atom is 0.253 e. The number of rotatable bonds is 8. The molecule has 6 nitrogen and oxygen atoms in total. The highest BCUT2D eigenvalue weighted by molar-refractivity contribution is 5.94. The monoisotopic (exact) mass is 343 g/mol. The average molecular weight is 343 g/mol. The SMILES string of the molecule is CCCCN(C)C(=O)c1ccnc(Nc2ccc(OC)cc2OC)c1. The molecule has 0 unspecified atom stereocenters. The number of unbranched alkanes of at least 4 members (excludes halogenated alkanes) is 1. The van der Waals surface area contributed by atoms with Crippen LogP contribution in [0.5, 0.6) is 11.5 Å². The van der Waals surface area contributed by atoms with Gasteiger partial charge in [0, 0.05) is 31.4 Å². The number of amides is 1. The maximum absolute atomic E-state index is 12.5. The van der Waals surface area contributed by atoms with Crippen molar-refractivity contribution in [3.8, 4) is 11.5 Å². The van der Waals surface area contributed by atoms with E-state index in [1.165, 1.54) is 0 Å². The van der Waals surface area contributed by atoms with Gasteiger partial charge in [-0.05, 0) is 30.7 Å². The van der Waals surface area contributed by atoms with Crippen LogP contribution in [-0.4, -0.2) is 43.6 Å². The number of ether oxygens (including phenoxy) is 2. The van der Waals surface area contributed by atoms with E-state index < -0.39 is 0 Å². The number of hydrogen-bond acceptors (Lipinski definition) is 5. The average Bonchev–Trinajstić information content (AvgIpc) is 2.66. The van der Waals surface area contributed by atoms with Crippen molar-refractivity contribution in [3.63, 3.8) is 0 Å². The van der Waals surface area contributed by atoms with E-state index in [0.29, 0.717) is 22.9 Å². The molecule has 1 amide bonds. The smallest absolute Gasteiger partial charge is 0.253 e. The molecule has 6 heteroatoms.